The number of likely N-dealkylation sites (tertiary alicyclic amines) is 1. The third-order valence-corrected chi connectivity index (χ3v) is 9.22. The van der Waals surface area contributed by atoms with Crippen molar-refractivity contribution >= 4 is 11.8 Å². The molecule has 3 N–H and O–H groups in total. The quantitative estimate of drug-likeness (QED) is 0.636. The molecule has 0 radical (unpaired) electrons. The number of alkyl halides is 1. The lowest BCUT2D eigenvalue weighted by molar-refractivity contribution is -0.124. The molecule has 7 atom stereocenters. The molecule has 2 amide bonds. The van der Waals surface area contributed by atoms with Gasteiger partial charge in [-0.3, -0.25) is 9.59 Å². The summed E-state index contributed by atoms with van der Waals surface area (Å²) in [6, 6.07) is 0.656. The van der Waals surface area contributed by atoms with Crippen molar-refractivity contribution in [2.45, 2.75) is 101 Å². The predicted molar refractivity (Wildman–Crippen MR) is 117 cm³/mol. The molecule has 174 valence electrons. The maximum Gasteiger partial charge on any atom is 0.237 e. The number of amides is 2. The number of nitrogens with one attached hydrogen (secondary N) is 3. The van der Waals surface area contributed by atoms with E-state index < -0.39 is 6.17 Å². The Morgan fingerprint density at radius 3 is 2.68 bits per heavy atom. The highest BCUT2D eigenvalue weighted by atomic mass is 19.1. The van der Waals surface area contributed by atoms with Crippen LogP contribution in [-0.2, 0) is 9.59 Å². The molecule has 3 saturated heterocycles. The van der Waals surface area contributed by atoms with Gasteiger partial charge in [0.05, 0.1) is 6.04 Å². The topological polar surface area (TPSA) is 73.5 Å². The highest BCUT2D eigenvalue weighted by Crippen LogP contribution is 2.40. The van der Waals surface area contributed by atoms with Crippen molar-refractivity contribution in [2.24, 2.45) is 17.3 Å². The van der Waals surface area contributed by atoms with E-state index in [9.17, 15) is 14.0 Å². The predicted octanol–water partition coefficient (Wildman–Crippen LogP) is 2.13. The van der Waals surface area contributed by atoms with Gasteiger partial charge in [0.1, 0.15) is 6.17 Å². The molecule has 0 aromatic carbocycles. The van der Waals surface area contributed by atoms with Crippen molar-refractivity contribution in [1.29, 1.82) is 0 Å². The number of hydrogen-bond donors (Lipinski definition) is 3. The first-order valence-electron chi connectivity index (χ1n) is 12.6. The van der Waals surface area contributed by atoms with Crippen molar-refractivity contribution in [3.8, 4) is 0 Å². The lowest BCUT2D eigenvalue weighted by Gasteiger charge is -2.44. The summed E-state index contributed by atoms with van der Waals surface area (Å²) in [6.45, 7) is 5.15. The summed E-state index contributed by atoms with van der Waals surface area (Å²) in [7, 11) is 0. The van der Waals surface area contributed by atoms with E-state index in [1.165, 1.54) is 6.42 Å². The zero-order valence-corrected chi connectivity index (χ0v) is 18.9. The third-order valence-electron chi connectivity index (χ3n) is 9.22. The number of halogens is 1. The first-order chi connectivity index (χ1) is 14.9. The van der Waals surface area contributed by atoms with Crippen LogP contribution in [0.15, 0.2) is 0 Å². The third kappa shape index (κ3) is 4.37. The van der Waals surface area contributed by atoms with Crippen molar-refractivity contribution in [3.05, 3.63) is 0 Å². The van der Waals surface area contributed by atoms with Crippen molar-refractivity contribution < 1.29 is 14.0 Å². The Morgan fingerprint density at radius 2 is 1.97 bits per heavy atom. The van der Waals surface area contributed by atoms with Gasteiger partial charge in [0.15, 0.2) is 0 Å². The molecule has 3 heterocycles. The molecule has 0 aromatic heterocycles. The number of carbonyl (C=O) groups excluding carboxylic acids is 2. The number of nitrogens with zero attached hydrogens (tertiary/aromatic N) is 1. The Bertz CT molecular complexity index is 677. The van der Waals surface area contributed by atoms with E-state index in [1.807, 2.05) is 0 Å². The summed E-state index contributed by atoms with van der Waals surface area (Å²) in [5.74, 6) is 0.730. The summed E-state index contributed by atoms with van der Waals surface area (Å²) in [4.78, 5) is 27.3. The number of hydrogen-bond acceptors (Lipinski definition) is 4. The standard InChI is InChI=1S/C24H39FN4O2/c1-15-5-6-19(25)18-12-20(28-22(15)18)23(31)27-16-3-2-4-17(11-16)29-9-7-24(8-10-29)13-21(30)26-14-24/h15-20,22,28H,2-14H2,1H3,(H,26,30)(H,27,31)/t15?,16-,17-,18?,19?,20?,22?/m1/s1. The number of carbonyl (C=O) groups is 2. The van der Waals surface area contributed by atoms with E-state index in [2.05, 4.69) is 27.8 Å². The zero-order valence-electron chi connectivity index (χ0n) is 18.9. The maximum atomic E-state index is 14.4. The van der Waals surface area contributed by atoms with Crippen LogP contribution in [0.4, 0.5) is 4.39 Å². The summed E-state index contributed by atoms with van der Waals surface area (Å²) in [6.07, 6.45) is 8.70. The van der Waals surface area contributed by atoms with Crippen LogP contribution in [0.5, 0.6) is 0 Å². The molecule has 3 aliphatic heterocycles. The minimum atomic E-state index is -0.765. The maximum absolute atomic E-state index is 14.4. The average Bonchev–Trinajstić information content (AvgIpc) is 3.37. The van der Waals surface area contributed by atoms with E-state index in [1.54, 1.807) is 0 Å². The Kier molecular flexibility index (Phi) is 6.01. The average molecular weight is 435 g/mol. The summed E-state index contributed by atoms with van der Waals surface area (Å²) >= 11 is 0. The highest BCUT2D eigenvalue weighted by molar-refractivity contribution is 5.82. The van der Waals surface area contributed by atoms with Crippen LogP contribution in [-0.4, -0.2) is 66.7 Å². The molecular weight excluding hydrogens is 395 g/mol. The van der Waals surface area contributed by atoms with Gasteiger partial charge in [-0.15, -0.1) is 0 Å². The van der Waals surface area contributed by atoms with E-state index in [-0.39, 0.29) is 41.3 Å². The molecule has 1 spiro atoms. The van der Waals surface area contributed by atoms with Gasteiger partial charge in [-0.2, -0.15) is 0 Å². The SMILES string of the molecule is CC1CCC(F)C2CC(C(=O)N[C@@H]3CCC[C@@H](N4CCC5(CC4)CNC(=O)C5)C3)NC12. The van der Waals surface area contributed by atoms with Gasteiger partial charge in [0, 0.05) is 37.0 Å². The van der Waals surface area contributed by atoms with Gasteiger partial charge >= 0.3 is 0 Å². The molecule has 6 nitrogen and oxygen atoms in total. The monoisotopic (exact) mass is 434 g/mol. The van der Waals surface area contributed by atoms with Gasteiger partial charge in [-0.25, -0.2) is 4.39 Å². The molecule has 2 aliphatic carbocycles. The highest BCUT2D eigenvalue weighted by Gasteiger charge is 2.47. The van der Waals surface area contributed by atoms with Crippen LogP contribution in [0.3, 0.4) is 0 Å². The second-order valence-electron chi connectivity index (χ2n) is 11.2. The zero-order chi connectivity index (χ0) is 21.6. The van der Waals surface area contributed by atoms with Crippen molar-refractivity contribution in [2.75, 3.05) is 19.6 Å². The number of rotatable bonds is 3. The molecule has 2 saturated carbocycles. The van der Waals surface area contributed by atoms with Crippen molar-refractivity contribution in [1.82, 2.24) is 20.9 Å². The molecule has 5 fully saturated rings. The molecule has 0 bridgehead atoms. The number of fused-ring (bicyclic) bond motifs is 1. The normalized spacial score (nSPS) is 42.9. The fraction of sp³-hybridized carbons (Fsp3) is 0.917. The van der Waals surface area contributed by atoms with Gasteiger partial charge in [0.2, 0.25) is 11.8 Å². The second-order valence-corrected chi connectivity index (χ2v) is 11.2. The molecule has 5 rings (SSSR count). The van der Waals surface area contributed by atoms with Crippen LogP contribution in [0.25, 0.3) is 0 Å². The minimum absolute atomic E-state index is 0.00349. The van der Waals surface area contributed by atoms with Gasteiger partial charge in [0.25, 0.3) is 0 Å². The van der Waals surface area contributed by atoms with Crippen LogP contribution < -0.4 is 16.0 Å². The Balaban J connectivity index is 1.12. The lowest BCUT2D eigenvalue weighted by atomic mass is 9.76. The fourth-order valence-electron chi connectivity index (χ4n) is 7.20. The molecule has 0 aromatic rings. The van der Waals surface area contributed by atoms with Crippen LogP contribution in [0, 0.1) is 17.3 Å². The minimum Gasteiger partial charge on any atom is -0.356 e. The van der Waals surface area contributed by atoms with E-state index in [0.717, 1.165) is 58.2 Å². The summed E-state index contributed by atoms with van der Waals surface area (Å²) < 4.78 is 14.4. The summed E-state index contributed by atoms with van der Waals surface area (Å²) in [5, 5.41) is 9.81. The van der Waals surface area contributed by atoms with Crippen molar-refractivity contribution in [3.63, 3.8) is 0 Å². The Labute approximate surface area is 185 Å². The lowest BCUT2D eigenvalue weighted by Crippen LogP contribution is -2.52. The van der Waals surface area contributed by atoms with E-state index >= 15 is 0 Å². The van der Waals surface area contributed by atoms with Gasteiger partial charge in [-0.1, -0.05) is 6.92 Å². The largest absolute Gasteiger partial charge is 0.356 e. The fourth-order valence-corrected chi connectivity index (χ4v) is 7.20. The first kappa shape index (κ1) is 21.6. The molecule has 5 aliphatic rings. The van der Waals surface area contributed by atoms with Crippen LogP contribution in [0.1, 0.15) is 71.1 Å². The van der Waals surface area contributed by atoms with Crippen LogP contribution in [0.2, 0.25) is 0 Å². The molecule has 31 heavy (non-hydrogen) atoms. The van der Waals surface area contributed by atoms with Gasteiger partial charge in [-0.05, 0) is 82.2 Å². The second kappa shape index (κ2) is 8.62. The molecule has 5 unspecified atom stereocenters. The Morgan fingerprint density at radius 1 is 1.16 bits per heavy atom. The van der Waals surface area contributed by atoms with E-state index in [0.29, 0.717) is 31.2 Å². The Hall–Kier alpha value is -1.21. The molecule has 7 heteroatoms. The van der Waals surface area contributed by atoms with E-state index in [4.69, 9.17) is 0 Å². The summed E-state index contributed by atoms with van der Waals surface area (Å²) in [5.41, 5.74) is 0.187. The van der Waals surface area contributed by atoms with Crippen LogP contribution >= 0.6 is 0 Å². The molecular formula is C24H39FN4O2. The van der Waals surface area contributed by atoms with Gasteiger partial charge < -0.3 is 20.9 Å². The number of piperidine rings is 1. The smallest absolute Gasteiger partial charge is 0.237 e. The first-order valence-corrected chi connectivity index (χ1v) is 12.6.